The first-order valence-corrected chi connectivity index (χ1v) is 5.60. The Labute approximate surface area is 112 Å². The van der Waals surface area contributed by atoms with E-state index in [1.54, 1.807) is 0 Å². The van der Waals surface area contributed by atoms with Gasteiger partial charge in [-0.15, -0.1) is 12.4 Å². The molecule has 1 aromatic rings. The van der Waals surface area contributed by atoms with Gasteiger partial charge in [0.1, 0.15) is 10.8 Å². The van der Waals surface area contributed by atoms with Crippen molar-refractivity contribution in [2.45, 2.75) is 18.6 Å². The molecule has 17 heavy (non-hydrogen) atoms. The smallest absolute Gasteiger partial charge is 0.242 e. The van der Waals surface area contributed by atoms with E-state index in [9.17, 15) is 9.18 Å². The topological polar surface area (TPSA) is 66.9 Å². The molecule has 94 valence electrons. The van der Waals surface area contributed by atoms with Crippen LogP contribution >= 0.6 is 28.3 Å². The Morgan fingerprint density at radius 3 is 2.94 bits per heavy atom. The first-order valence-electron chi connectivity index (χ1n) is 4.81. The first-order chi connectivity index (χ1) is 7.65. The number of rotatable bonds is 2. The second kappa shape index (κ2) is 6.23. The number of nitrogens with zero attached hydrogens (tertiary/aromatic N) is 2. The second-order valence-corrected chi connectivity index (χ2v) is 4.32. The maximum atomic E-state index is 12.9. The fourth-order valence-electron chi connectivity index (χ4n) is 1.51. The van der Waals surface area contributed by atoms with Gasteiger partial charge in [0.15, 0.2) is 5.82 Å². The highest BCUT2D eigenvalue weighted by Crippen LogP contribution is 2.13. The number of hydrogen-bond donors (Lipinski definition) is 2. The Bertz CT molecular complexity index is 408. The molecule has 2 atom stereocenters. The molecule has 0 bridgehead atoms. The summed E-state index contributed by atoms with van der Waals surface area (Å²) in [6.07, 6.45) is 2.20. The molecule has 5 nitrogen and oxygen atoms in total. The van der Waals surface area contributed by atoms with Gasteiger partial charge in [-0.3, -0.25) is 9.78 Å². The molecule has 1 aliphatic heterocycles. The molecule has 1 saturated heterocycles. The van der Waals surface area contributed by atoms with E-state index in [1.807, 2.05) is 0 Å². The van der Waals surface area contributed by atoms with Crippen molar-refractivity contribution in [1.82, 2.24) is 15.3 Å². The highest BCUT2D eigenvalue weighted by molar-refractivity contribution is 9.10. The number of halogens is 3. The van der Waals surface area contributed by atoms with Crippen molar-refractivity contribution in [3.8, 4) is 0 Å². The lowest BCUT2D eigenvalue weighted by Gasteiger charge is -2.09. The molecule has 2 heterocycles. The molecular formula is C9H11BrClFN4O. The molecule has 0 radical (unpaired) electrons. The quantitative estimate of drug-likeness (QED) is 0.860. The summed E-state index contributed by atoms with van der Waals surface area (Å²) in [7, 11) is 0. The third-order valence-corrected chi connectivity index (χ3v) is 2.63. The molecule has 0 aliphatic carbocycles. The number of nitrogens with one attached hydrogen (secondary N) is 2. The van der Waals surface area contributed by atoms with Crippen molar-refractivity contribution in [2.75, 3.05) is 11.9 Å². The van der Waals surface area contributed by atoms with Crippen LogP contribution in [0.15, 0.2) is 17.0 Å². The molecule has 1 aliphatic rings. The van der Waals surface area contributed by atoms with Crippen molar-refractivity contribution in [3.05, 3.63) is 17.0 Å². The van der Waals surface area contributed by atoms with E-state index in [4.69, 9.17) is 0 Å². The average Bonchev–Trinajstić information content (AvgIpc) is 2.65. The zero-order chi connectivity index (χ0) is 11.5. The van der Waals surface area contributed by atoms with Crippen molar-refractivity contribution in [2.24, 2.45) is 0 Å². The van der Waals surface area contributed by atoms with E-state index in [-0.39, 0.29) is 31.3 Å². The average molecular weight is 326 g/mol. The van der Waals surface area contributed by atoms with E-state index in [0.717, 1.165) is 0 Å². The van der Waals surface area contributed by atoms with Gasteiger partial charge >= 0.3 is 0 Å². The number of hydrogen-bond acceptors (Lipinski definition) is 4. The van der Waals surface area contributed by atoms with Gasteiger partial charge in [-0.2, -0.15) is 0 Å². The summed E-state index contributed by atoms with van der Waals surface area (Å²) in [5.74, 6) is 0.0658. The molecule has 0 unspecified atom stereocenters. The lowest BCUT2D eigenvalue weighted by Crippen LogP contribution is -2.35. The van der Waals surface area contributed by atoms with E-state index in [1.165, 1.54) is 12.4 Å². The maximum absolute atomic E-state index is 12.9. The summed E-state index contributed by atoms with van der Waals surface area (Å²) >= 11 is 3.14. The number of aromatic nitrogens is 2. The number of anilines is 1. The first kappa shape index (κ1) is 14.3. The molecule has 0 aromatic carbocycles. The van der Waals surface area contributed by atoms with Gasteiger partial charge in [0.05, 0.1) is 18.4 Å². The Kier molecular flexibility index (Phi) is 5.23. The summed E-state index contributed by atoms with van der Waals surface area (Å²) in [6, 6.07) is -0.490. The van der Waals surface area contributed by atoms with Crippen LogP contribution in [0.3, 0.4) is 0 Å². The standard InChI is InChI=1S/C9H10BrFN4O.ClH/c10-7-3-12-4-8(14-7)15-9(16)6-1-5(11)2-13-6;/h3-6,13H,1-2H2,(H,14,15,16);1H/t5-,6+;/m1./s1. The van der Waals surface area contributed by atoms with Gasteiger partial charge < -0.3 is 10.6 Å². The van der Waals surface area contributed by atoms with Crippen LogP contribution in [-0.2, 0) is 4.79 Å². The van der Waals surface area contributed by atoms with Gasteiger partial charge in [0, 0.05) is 13.0 Å². The molecule has 2 rings (SSSR count). The monoisotopic (exact) mass is 324 g/mol. The van der Waals surface area contributed by atoms with Crippen molar-refractivity contribution >= 4 is 40.1 Å². The van der Waals surface area contributed by atoms with Crippen LogP contribution < -0.4 is 10.6 Å². The molecule has 0 saturated carbocycles. The second-order valence-electron chi connectivity index (χ2n) is 3.51. The molecule has 2 N–H and O–H groups in total. The minimum atomic E-state index is -0.954. The van der Waals surface area contributed by atoms with Crippen LogP contribution in [0.4, 0.5) is 10.2 Å². The van der Waals surface area contributed by atoms with Crippen LogP contribution in [-0.4, -0.2) is 34.6 Å². The van der Waals surface area contributed by atoms with Gasteiger partial charge in [-0.1, -0.05) is 0 Å². The van der Waals surface area contributed by atoms with Crippen LogP contribution in [0.5, 0.6) is 0 Å². The summed E-state index contributed by atoms with van der Waals surface area (Å²) in [5, 5.41) is 5.37. The lowest BCUT2D eigenvalue weighted by atomic mass is 10.2. The van der Waals surface area contributed by atoms with E-state index in [2.05, 4.69) is 36.5 Å². The third-order valence-electron chi connectivity index (χ3n) is 2.25. The van der Waals surface area contributed by atoms with Crippen LogP contribution in [0.1, 0.15) is 6.42 Å². The van der Waals surface area contributed by atoms with Crippen molar-refractivity contribution in [1.29, 1.82) is 0 Å². The predicted molar refractivity (Wildman–Crippen MR) is 66.9 cm³/mol. The summed E-state index contributed by atoms with van der Waals surface area (Å²) < 4.78 is 13.4. The van der Waals surface area contributed by atoms with Gasteiger partial charge in [0.2, 0.25) is 5.91 Å². The fraction of sp³-hybridized carbons (Fsp3) is 0.444. The summed E-state index contributed by atoms with van der Waals surface area (Å²) in [6.45, 7) is 0.224. The van der Waals surface area contributed by atoms with E-state index in [0.29, 0.717) is 10.4 Å². The van der Waals surface area contributed by atoms with Crippen molar-refractivity contribution < 1.29 is 9.18 Å². The fourth-order valence-corrected chi connectivity index (χ4v) is 1.82. The summed E-state index contributed by atoms with van der Waals surface area (Å²) in [5.41, 5.74) is 0. The number of carbonyl (C=O) groups excluding carboxylic acids is 1. The SMILES string of the molecule is Cl.O=C(Nc1cncc(Br)n1)[C@@H]1C[C@@H](F)CN1. The normalized spacial score (nSPS) is 22.9. The van der Waals surface area contributed by atoms with Crippen LogP contribution in [0.2, 0.25) is 0 Å². The largest absolute Gasteiger partial charge is 0.308 e. The molecule has 1 fully saturated rings. The number of alkyl halides is 1. The van der Waals surface area contributed by atoms with Gasteiger partial charge in [-0.05, 0) is 15.9 Å². The molecular weight excluding hydrogens is 314 g/mol. The molecule has 1 aromatic heterocycles. The van der Waals surface area contributed by atoms with Crippen molar-refractivity contribution in [3.63, 3.8) is 0 Å². The van der Waals surface area contributed by atoms with Gasteiger partial charge in [0.25, 0.3) is 0 Å². The molecule has 8 heteroatoms. The number of carbonyl (C=O) groups is 1. The Balaban J connectivity index is 0.00000144. The molecule has 1 amide bonds. The van der Waals surface area contributed by atoms with Crippen LogP contribution in [0, 0.1) is 0 Å². The molecule has 0 spiro atoms. The highest BCUT2D eigenvalue weighted by Gasteiger charge is 2.29. The summed E-state index contributed by atoms with van der Waals surface area (Å²) in [4.78, 5) is 19.5. The third kappa shape index (κ3) is 3.86. The van der Waals surface area contributed by atoms with E-state index >= 15 is 0 Å². The number of amides is 1. The maximum Gasteiger partial charge on any atom is 0.242 e. The van der Waals surface area contributed by atoms with E-state index < -0.39 is 12.2 Å². The Hall–Kier alpha value is -0.790. The Morgan fingerprint density at radius 2 is 2.35 bits per heavy atom. The predicted octanol–water partition coefficient (Wildman–Crippen LogP) is 1.30. The Morgan fingerprint density at radius 1 is 1.59 bits per heavy atom. The zero-order valence-corrected chi connectivity index (χ0v) is 11.1. The lowest BCUT2D eigenvalue weighted by molar-refractivity contribution is -0.117. The highest BCUT2D eigenvalue weighted by atomic mass is 79.9. The minimum Gasteiger partial charge on any atom is -0.308 e. The van der Waals surface area contributed by atoms with Gasteiger partial charge in [-0.25, -0.2) is 9.37 Å². The van der Waals surface area contributed by atoms with Crippen LogP contribution in [0.25, 0.3) is 0 Å². The minimum absolute atomic E-state index is 0. The zero-order valence-electron chi connectivity index (χ0n) is 8.69.